The number of rotatable bonds is 5. The molecule has 1 saturated carbocycles. The molecule has 1 aromatic heterocycles. The quantitative estimate of drug-likeness (QED) is 0.755. The van der Waals surface area contributed by atoms with Crippen molar-refractivity contribution in [3.63, 3.8) is 0 Å². The molecule has 0 saturated heterocycles. The molecule has 1 amide bonds. The van der Waals surface area contributed by atoms with Crippen LogP contribution in [0.3, 0.4) is 0 Å². The predicted octanol–water partition coefficient (Wildman–Crippen LogP) is 3.14. The van der Waals surface area contributed by atoms with E-state index in [2.05, 4.69) is 11.9 Å². The second kappa shape index (κ2) is 5.50. The van der Waals surface area contributed by atoms with Gasteiger partial charge in [0.15, 0.2) is 0 Å². The molecule has 1 aromatic rings. The zero-order chi connectivity index (χ0) is 12.3. The van der Waals surface area contributed by atoms with E-state index in [1.807, 2.05) is 4.90 Å². The lowest BCUT2D eigenvalue weighted by Gasteiger charge is -2.22. The van der Waals surface area contributed by atoms with Crippen molar-refractivity contribution < 1.29 is 4.79 Å². The number of carbonyl (C=O) groups is 1. The van der Waals surface area contributed by atoms with Gasteiger partial charge in [0.2, 0.25) is 0 Å². The largest absolute Gasteiger partial charge is 0.336 e. The van der Waals surface area contributed by atoms with Crippen LogP contribution in [0.25, 0.3) is 0 Å². The Kier molecular flexibility index (Phi) is 4.00. The van der Waals surface area contributed by atoms with E-state index in [-0.39, 0.29) is 5.91 Å². The van der Waals surface area contributed by atoms with Gasteiger partial charge in [-0.15, -0.1) is 0 Å². The summed E-state index contributed by atoms with van der Waals surface area (Å²) in [6, 6.07) is 3.92. The molecule has 92 valence electrons. The van der Waals surface area contributed by atoms with Crippen LogP contribution in [0.1, 0.15) is 43.0 Å². The van der Waals surface area contributed by atoms with E-state index in [9.17, 15) is 4.79 Å². The molecular formula is C13H17ClN2O. The monoisotopic (exact) mass is 252 g/mol. The zero-order valence-electron chi connectivity index (χ0n) is 10.0. The van der Waals surface area contributed by atoms with Gasteiger partial charge in [-0.25, -0.2) is 4.98 Å². The first kappa shape index (κ1) is 12.4. The van der Waals surface area contributed by atoms with Crippen LogP contribution in [0.4, 0.5) is 0 Å². The summed E-state index contributed by atoms with van der Waals surface area (Å²) in [4.78, 5) is 18.3. The predicted molar refractivity (Wildman–Crippen MR) is 68.2 cm³/mol. The number of hydrogen-bond acceptors (Lipinski definition) is 2. The highest BCUT2D eigenvalue weighted by Gasteiger charge is 2.33. The molecule has 17 heavy (non-hydrogen) atoms. The van der Waals surface area contributed by atoms with Crippen molar-refractivity contribution >= 4 is 17.5 Å². The fourth-order valence-corrected chi connectivity index (χ4v) is 2.07. The van der Waals surface area contributed by atoms with E-state index in [0.717, 1.165) is 32.2 Å². The van der Waals surface area contributed by atoms with Gasteiger partial charge in [-0.1, -0.05) is 24.9 Å². The third-order valence-electron chi connectivity index (χ3n) is 2.99. The Morgan fingerprint density at radius 2 is 2.35 bits per heavy atom. The van der Waals surface area contributed by atoms with E-state index in [1.54, 1.807) is 18.3 Å². The summed E-state index contributed by atoms with van der Waals surface area (Å²) >= 11 is 5.96. The van der Waals surface area contributed by atoms with Crippen molar-refractivity contribution in [3.8, 4) is 0 Å². The second-order valence-corrected chi connectivity index (χ2v) is 4.78. The van der Waals surface area contributed by atoms with Crippen molar-refractivity contribution in [2.45, 2.75) is 38.6 Å². The Balaban J connectivity index is 2.13. The minimum Gasteiger partial charge on any atom is -0.336 e. The molecule has 0 unspecified atom stereocenters. The zero-order valence-corrected chi connectivity index (χ0v) is 10.8. The fourth-order valence-electron chi connectivity index (χ4n) is 1.86. The molecule has 0 bridgehead atoms. The molecule has 1 heterocycles. The first-order valence-electron chi connectivity index (χ1n) is 6.15. The van der Waals surface area contributed by atoms with Crippen LogP contribution in [-0.4, -0.2) is 28.4 Å². The van der Waals surface area contributed by atoms with Crippen LogP contribution in [0.15, 0.2) is 18.3 Å². The molecule has 0 atom stereocenters. The molecule has 1 fully saturated rings. The summed E-state index contributed by atoms with van der Waals surface area (Å²) in [5, 5.41) is 0.305. The molecule has 0 spiro atoms. The normalized spacial score (nSPS) is 14.7. The summed E-state index contributed by atoms with van der Waals surface area (Å²) in [7, 11) is 0. The van der Waals surface area contributed by atoms with Crippen molar-refractivity contribution in [1.29, 1.82) is 0 Å². The standard InChI is InChI=1S/C13H17ClN2O/c1-2-3-9-16(10-6-7-10)13(17)11-5-4-8-15-12(11)14/h4-5,8,10H,2-3,6-7,9H2,1H3. The molecule has 4 heteroatoms. The van der Waals surface area contributed by atoms with Gasteiger partial charge in [0.05, 0.1) is 5.56 Å². The Bertz CT molecular complexity index is 404. The number of pyridine rings is 1. The summed E-state index contributed by atoms with van der Waals surface area (Å²) in [5.74, 6) is 0.0269. The maximum atomic E-state index is 12.4. The average Bonchev–Trinajstić information content (AvgIpc) is 3.14. The van der Waals surface area contributed by atoms with Crippen molar-refractivity contribution in [1.82, 2.24) is 9.88 Å². The van der Waals surface area contributed by atoms with Crippen LogP contribution >= 0.6 is 11.6 Å². The van der Waals surface area contributed by atoms with Crippen LogP contribution < -0.4 is 0 Å². The fraction of sp³-hybridized carbons (Fsp3) is 0.538. The second-order valence-electron chi connectivity index (χ2n) is 4.43. The van der Waals surface area contributed by atoms with E-state index < -0.39 is 0 Å². The van der Waals surface area contributed by atoms with E-state index in [4.69, 9.17) is 11.6 Å². The summed E-state index contributed by atoms with van der Waals surface area (Å²) < 4.78 is 0. The van der Waals surface area contributed by atoms with Crippen LogP contribution in [0.2, 0.25) is 5.15 Å². The van der Waals surface area contributed by atoms with Gasteiger partial charge in [-0.3, -0.25) is 4.79 Å². The van der Waals surface area contributed by atoms with Crippen LogP contribution in [0, 0.1) is 0 Å². The maximum absolute atomic E-state index is 12.4. The van der Waals surface area contributed by atoms with Gasteiger partial charge in [-0.2, -0.15) is 0 Å². The maximum Gasteiger partial charge on any atom is 0.257 e. The van der Waals surface area contributed by atoms with Gasteiger partial charge >= 0.3 is 0 Å². The number of aromatic nitrogens is 1. The Morgan fingerprint density at radius 3 is 2.94 bits per heavy atom. The smallest absolute Gasteiger partial charge is 0.257 e. The van der Waals surface area contributed by atoms with Gasteiger partial charge < -0.3 is 4.90 Å². The molecule has 0 N–H and O–H groups in total. The lowest BCUT2D eigenvalue weighted by molar-refractivity contribution is 0.0740. The van der Waals surface area contributed by atoms with Crippen molar-refractivity contribution in [2.24, 2.45) is 0 Å². The molecular weight excluding hydrogens is 236 g/mol. The van der Waals surface area contributed by atoms with E-state index in [1.165, 1.54) is 0 Å². The van der Waals surface area contributed by atoms with E-state index in [0.29, 0.717) is 16.8 Å². The molecule has 0 aliphatic heterocycles. The molecule has 0 radical (unpaired) electrons. The van der Waals surface area contributed by atoms with Crippen molar-refractivity contribution in [2.75, 3.05) is 6.54 Å². The Labute approximate surface area is 107 Å². The molecule has 0 aromatic carbocycles. The molecule has 1 aliphatic carbocycles. The minimum atomic E-state index is 0.0269. The van der Waals surface area contributed by atoms with Gasteiger partial charge in [0.25, 0.3) is 5.91 Å². The number of amides is 1. The molecule has 3 nitrogen and oxygen atoms in total. The Hall–Kier alpha value is -1.09. The lowest BCUT2D eigenvalue weighted by atomic mass is 10.2. The minimum absolute atomic E-state index is 0.0269. The number of carbonyl (C=O) groups excluding carboxylic acids is 1. The highest BCUT2D eigenvalue weighted by molar-refractivity contribution is 6.32. The highest BCUT2D eigenvalue weighted by atomic mass is 35.5. The van der Waals surface area contributed by atoms with Gasteiger partial charge in [-0.05, 0) is 31.4 Å². The highest BCUT2D eigenvalue weighted by Crippen LogP contribution is 2.29. The van der Waals surface area contributed by atoms with Crippen LogP contribution in [-0.2, 0) is 0 Å². The number of hydrogen-bond donors (Lipinski definition) is 0. The average molecular weight is 253 g/mol. The summed E-state index contributed by atoms with van der Waals surface area (Å²) in [6.07, 6.45) is 5.98. The van der Waals surface area contributed by atoms with Gasteiger partial charge in [0.1, 0.15) is 5.15 Å². The first-order valence-corrected chi connectivity index (χ1v) is 6.53. The number of halogens is 1. The first-order chi connectivity index (χ1) is 8.24. The summed E-state index contributed by atoms with van der Waals surface area (Å²) in [6.45, 7) is 2.96. The van der Waals surface area contributed by atoms with Crippen molar-refractivity contribution in [3.05, 3.63) is 29.0 Å². The molecule has 1 aliphatic rings. The third-order valence-corrected chi connectivity index (χ3v) is 3.29. The summed E-state index contributed by atoms with van der Waals surface area (Å²) in [5.41, 5.74) is 0.525. The van der Waals surface area contributed by atoms with Gasteiger partial charge in [0, 0.05) is 18.8 Å². The Morgan fingerprint density at radius 1 is 1.59 bits per heavy atom. The number of nitrogens with zero attached hydrogens (tertiary/aromatic N) is 2. The SMILES string of the molecule is CCCCN(C(=O)c1cccnc1Cl)C1CC1. The third kappa shape index (κ3) is 2.97. The number of unbranched alkanes of at least 4 members (excludes halogenated alkanes) is 1. The topological polar surface area (TPSA) is 33.2 Å². The van der Waals surface area contributed by atoms with E-state index >= 15 is 0 Å². The lowest BCUT2D eigenvalue weighted by Crippen LogP contribution is -2.34. The molecule has 2 rings (SSSR count). The van der Waals surface area contributed by atoms with Crippen LogP contribution in [0.5, 0.6) is 0 Å².